The van der Waals surface area contributed by atoms with E-state index in [2.05, 4.69) is 37.4 Å². The molecule has 2 aliphatic rings. The summed E-state index contributed by atoms with van der Waals surface area (Å²) in [6, 6.07) is 6.78. The fraction of sp³-hybridized carbons (Fsp3) is 0.647. The van der Waals surface area contributed by atoms with E-state index in [1.807, 2.05) is 0 Å². The maximum atomic E-state index is 6.00. The van der Waals surface area contributed by atoms with E-state index in [1.165, 1.54) is 36.0 Å². The smallest absolute Gasteiger partial charge is 0.0940 e. The number of morpholine rings is 1. The zero-order chi connectivity index (χ0) is 14.0. The van der Waals surface area contributed by atoms with Gasteiger partial charge in [0.15, 0.2) is 0 Å². The second kappa shape index (κ2) is 5.84. The van der Waals surface area contributed by atoms with Gasteiger partial charge in [-0.15, -0.1) is 0 Å². The van der Waals surface area contributed by atoms with E-state index < -0.39 is 0 Å². The van der Waals surface area contributed by atoms with Crippen LogP contribution in [0.15, 0.2) is 18.2 Å². The molecular formula is C17H25NO2. The second-order valence-corrected chi connectivity index (χ2v) is 6.60. The minimum Gasteiger partial charge on any atom is -0.374 e. The van der Waals surface area contributed by atoms with Gasteiger partial charge in [0, 0.05) is 13.1 Å². The molecular weight excluding hydrogens is 250 g/mol. The molecule has 3 rings (SSSR count). The minimum absolute atomic E-state index is 0.0835. The largest absolute Gasteiger partial charge is 0.374 e. The maximum absolute atomic E-state index is 6.00. The molecule has 20 heavy (non-hydrogen) atoms. The van der Waals surface area contributed by atoms with Crippen LogP contribution in [0.5, 0.6) is 0 Å². The summed E-state index contributed by atoms with van der Waals surface area (Å²) in [4.78, 5) is 0. The molecule has 1 saturated heterocycles. The number of ether oxygens (including phenoxy) is 2. The molecule has 1 aliphatic heterocycles. The SMILES string of the molecule is CC1(C)CNCC(COCc2ccc3c(c2)CCC3)O1. The van der Waals surface area contributed by atoms with Crippen molar-refractivity contribution >= 4 is 0 Å². The fourth-order valence-corrected chi connectivity index (χ4v) is 3.18. The fourth-order valence-electron chi connectivity index (χ4n) is 3.18. The summed E-state index contributed by atoms with van der Waals surface area (Å²) in [5.41, 5.74) is 4.24. The van der Waals surface area contributed by atoms with Gasteiger partial charge < -0.3 is 14.8 Å². The van der Waals surface area contributed by atoms with Crippen molar-refractivity contribution in [1.82, 2.24) is 5.32 Å². The van der Waals surface area contributed by atoms with Crippen molar-refractivity contribution in [3.05, 3.63) is 34.9 Å². The van der Waals surface area contributed by atoms with Gasteiger partial charge in [-0.25, -0.2) is 0 Å². The monoisotopic (exact) mass is 275 g/mol. The summed E-state index contributed by atoms with van der Waals surface area (Å²) in [5, 5.41) is 3.40. The lowest BCUT2D eigenvalue weighted by molar-refractivity contribution is -0.122. The molecule has 3 heteroatoms. The van der Waals surface area contributed by atoms with E-state index in [4.69, 9.17) is 9.47 Å². The number of fused-ring (bicyclic) bond motifs is 1. The van der Waals surface area contributed by atoms with Crippen molar-refractivity contribution < 1.29 is 9.47 Å². The normalized spacial score (nSPS) is 24.6. The van der Waals surface area contributed by atoms with Gasteiger partial charge in [-0.1, -0.05) is 18.2 Å². The van der Waals surface area contributed by atoms with Crippen molar-refractivity contribution in [2.75, 3.05) is 19.7 Å². The zero-order valence-corrected chi connectivity index (χ0v) is 12.6. The molecule has 1 aromatic carbocycles. The van der Waals surface area contributed by atoms with Crippen molar-refractivity contribution in [1.29, 1.82) is 0 Å². The molecule has 3 nitrogen and oxygen atoms in total. The van der Waals surface area contributed by atoms with Gasteiger partial charge in [0.05, 0.1) is 24.9 Å². The van der Waals surface area contributed by atoms with Gasteiger partial charge in [-0.2, -0.15) is 0 Å². The summed E-state index contributed by atoms with van der Waals surface area (Å²) >= 11 is 0. The molecule has 1 unspecified atom stereocenters. The lowest BCUT2D eigenvalue weighted by atomic mass is 10.1. The molecule has 0 saturated carbocycles. The molecule has 1 fully saturated rings. The molecule has 1 atom stereocenters. The predicted octanol–water partition coefficient (Wildman–Crippen LogP) is 2.46. The second-order valence-electron chi connectivity index (χ2n) is 6.60. The summed E-state index contributed by atoms with van der Waals surface area (Å²) in [6.07, 6.45) is 3.93. The van der Waals surface area contributed by atoms with Crippen LogP contribution in [0.4, 0.5) is 0 Å². The molecule has 0 amide bonds. The van der Waals surface area contributed by atoms with E-state index in [0.29, 0.717) is 13.2 Å². The lowest BCUT2D eigenvalue weighted by Crippen LogP contribution is -2.51. The van der Waals surface area contributed by atoms with E-state index in [1.54, 1.807) is 0 Å². The Morgan fingerprint density at radius 3 is 3.00 bits per heavy atom. The summed E-state index contributed by atoms with van der Waals surface area (Å²) in [5.74, 6) is 0. The topological polar surface area (TPSA) is 30.5 Å². The molecule has 1 N–H and O–H groups in total. The molecule has 0 aromatic heterocycles. The van der Waals surface area contributed by atoms with Crippen LogP contribution in [0.1, 0.15) is 37.0 Å². The number of rotatable bonds is 4. The van der Waals surface area contributed by atoms with Crippen LogP contribution in [0, 0.1) is 0 Å². The average Bonchev–Trinajstić information content (AvgIpc) is 2.85. The predicted molar refractivity (Wildman–Crippen MR) is 79.9 cm³/mol. The van der Waals surface area contributed by atoms with Crippen molar-refractivity contribution in [2.24, 2.45) is 0 Å². The molecule has 1 heterocycles. The van der Waals surface area contributed by atoms with Crippen LogP contribution in [-0.2, 0) is 28.9 Å². The Morgan fingerprint density at radius 1 is 1.30 bits per heavy atom. The molecule has 110 valence electrons. The van der Waals surface area contributed by atoms with E-state index >= 15 is 0 Å². The highest BCUT2D eigenvalue weighted by Gasteiger charge is 2.28. The van der Waals surface area contributed by atoms with Gasteiger partial charge in [0.2, 0.25) is 0 Å². The van der Waals surface area contributed by atoms with Crippen molar-refractivity contribution in [2.45, 2.75) is 51.4 Å². The maximum Gasteiger partial charge on any atom is 0.0940 e. The highest BCUT2D eigenvalue weighted by molar-refractivity contribution is 5.34. The van der Waals surface area contributed by atoms with Crippen molar-refractivity contribution in [3.8, 4) is 0 Å². The molecule has 1 aromatic rings. The third-order valence-electron chi connectivity index (χ3n) is 4.14. The molecule has 1 aliphatic carbocycles. The van der Waals surface area contributed by atoms with E-state index in [0.717, 1.165) is 13.1 Å². The first-order valence-electron chi connectivity index (χ1n) is 7.69. The van der Waals surface area contributed by atoms with E-state index in [9.17, 15) is 0 Å². The van der Waals surface area contributed by atoms with Crippen LogP contribution < -0.4 is 5.32 Å². The first kappa shape index (κ1) is 14.1. The quantitative estimate of drug-likeness (QED) is 0.915. The van der Waals surface area contributed by atoms with Crippen LogP contribution >= 0.6 is 0 Å². The van der Waals surface area contributed by atoms with Gasteiger partial charge in [0.1, 0.15) is 0 Å². The first-order chi connectivity index (χ1) is 9.62. The lowest BCUT2D eigenvalue weighted by Gasteiger charge is -2.36. The third kappa shape index (κ3) is 3.40. The number of hydrogen-bond acceptors (Lipinski definition) is 3. The molecule has 0 bridgehead atoms. The van der Waals surface area contributed by atoms with E-state index in [-0.39, 0.29) is 11.7 Å². The zero-order valence-electron chi connectivity index (χ0n) is 12.6. The van der Waals surface area contributed by atoms with Gasteiger partial charge in [-0.05, 0) is 49.8 Å². The number of benzene rings is 1. The Kier molecular flexibility index (Phi) is 4.11. The Hall–Kier alpha value is -0.900. The molecule has 0 radical (unpaired) electrons. The number of aryl methyl sites for hydroxylation is 2. The summed E-state index contributed by atoms with van der Waals surface area (Å²) in [6.45, 7) is 7.38. The minimum atomic E-state index is -0.0835. The van der Waals surface area contributed by atoms with Gasteiger partial charge in [-0.3, -0.25) is 0 Å². The Morgan fingerprint density at radius 2 is 2.15 bits per heavy atom. The highest BCUT2D eigenvalue weighted by Crippen LogP contribution is 2.23. The van der Waals surface area contributed by atoms with Gasteiger partial charge >= 0.3 is 0 Å². The Bertz CT molecular complexity index is 470. The van der Waals surface area contributed by atoms with Crippen molar-refractivity contribution in [3.63, 3.8) is 0 Å². The van der Waals surface area contributed by atoms with Crippen LogP contribution in [0.3, 0.4) is 0 Å². The van der Waals surface area contributed by atoms with Crippen LogP contribution in [0.2, 0.25) is 0 Å². The number of nitrogens with one attached hydrogen (secondary N) is 1. The van der Waals surface area contributed by atoms with Crippen LogP contribution in [0.25, 0.3) is 0 Å². The standard InChI is InChI=1S/C17H25NO2/c1-17(2)12-18-9-16(20-17)11-19-10-13-6-7-14-4-3-5-15(14)8-13/h6-8,16,18H,3-5,9-12H2,1-2H3. The Labute approximate surface area is 121 Å². The van der Waals surface area contributed by atoms with Gasteiger partial charge in [0.25, 0.3) is 0 Å². The van der Waals surface area contributed by atoms with Crippen LogP contribution in [-0.4, -0.2) is 31.4 Å². The summed E-state index contributed by atoms with van der Waals surface area (Å²) in [7, 11) is 0. The third-order valence-corrected chi connectivity index (χ3v) is 4.14. The Balaban J connectivity index is 1.48. The first-order valence-corrected chi connectivity index (χ1v) is 7.69. The summed E-state index contributed by atoms with van der Waals surface area (Å²) < 4.78 is 11.8. The average molecular weight is 275 g/mol. The highest BCUT2D eigenvalue weighted by atomic mass is 16.5. The number of hydrogen-bond donors (Lipinski definition) is 1. The molecule has 0 spiro atoms.